The second kappa shape index (κ2) is 7.70. The van der Waals surface area contributed by atoms with Gasteiger partial charge in [0, 0.05) is 28.0 Å². The number of carboxylic acid groups (broad SMARTS) is 1. The first-order valence-corrected chi connectivity index (χ1v) is 8.33. The quantitative estimate of drug-likeness (QED) is 0.616. The molecule has 2 aromatic heterocycles. The molecule has 0 radical (unpaired) electrons. The van der Waals surface area contributed by atoms with Crippen molar-refractivity contribution in [1.82, 2.24) is 0 Å². The number of thiophene rings is 2. The van der Waals surface area contributed by atoms with Crippen LogP contribution in [0.15, 0.2) is 35.0 Å². The van der Waals surface area contributed by atoms with E-state index in [0.717, 1.165) is 17.0 Å². The molecule has 0 aliphatic heterocycles. The van der Waals surface area contributed by atoms with E-state index in [9.17, 15) is 14.4 Å². The summed E-state index contributed by atoms with van der Waals surface area (Å²) in [4.78, 5) is 35.3. The van der Waals surface area contributed by atoms with Gasteiger partial charge in [0.1, 0.15) is 10.6 Å². The molecule has 2 aromatic rings. The van der Waals surface area contributed by atoms with Crippen LogP contribution >= 0.6 is 22.7 Å². The van der Waals surface area contributed by atoms with E-state index in [0.29, 0.717) is 10.6 Å². The monoisotopic (exact) mass is 351 g/mol. The van der Waals surface area contributed by atoms with Crippen molar-refractivity contribution >= 4 is 45.5 Å². The van der Waals surface area contributed by atoms with E-state index in [2.05, 4.69) is 5.32 Å². The molecule has 1 amide bonds. The van der Waals surface area contributed by atoms with E-state index in [1.165, 1.54) is 22.7 Å². The van der Waals surface area contributed by atoms with Crippen molar-refractivity contribution in [3.63, 3.8) is 0 Å². The number of hydrogen-bond donors (Lipinski definition) is 2. The van der Waals surface area contributed by atoms with Gasteiger partial charge >= 0.3 is 11.9 Å². The van der Waals surface area contributed by atoms with Crippen molar-refractivity contribution in [3.8, 4) is 10.4 Å². The number of rotatable bonds is 6. The van der Waals surface area contributed by atoms with Crippen molar-refractivity contribution in [1.29, 1.82) is 0 Å². The van der Waals surface area contributed by atoms with Crippen molar-refractivity contribution in [2.45, 2.75) is 6.92 Å². The Kier molecular flexibility index (Phi) is 5.67. The number of aliphatic carboxylic acids is 1. The number of amides is 1. The van der Waals surface area contributed by atoms with Crippen LogP contribution in [0.1, 0.15) is 17.3 Å². The zero-order valence-electron chi connectivity index (χ0n) is 12.1. The Morgan fingerprint density at radius 1 is 1.30 bits per heavy atom. The number of ether oxygens (including phenoxy) is 1. The summed E-state index contributed by atoms with van der Waals surface area (Å²) >= 11 is 2.65. The first kappa shape index (κ1) is 16.9. The van der Waals surface area contributed by atoms with E-state index in [4.69, 9.17) is 9.84 Å². The minimum atomic E-state index is -1.23. The summed E-state index contributed by atoms with van der Waals surface area (Å²) in [6, 6.07) is 3.73. The van der Waals surface area contributed by atoms with Gasteiger partial charge in [-0.05, 0) is 18.4 Å². The SMILES string of the molecule is CCOC(=O)c1c(-c2cccs2)csc1NC(=O)/C=C/C(=O)O. The van der Waals surface area contributed by atoms with Gasteiger partial charge in [-0.1, -0.05) is 6.07 Å². The molecular weight excluding hydrogens is 338 g/mol. The first-order valence-electron chi connectivity index (χ1n) is 6.57. The molecular formula is C15H13NO5S2. The minimum absolute atomic E-state index is 0.213. The van der Waals surface area contributed by atoms with Crippen LogP contribution in [0.2, 0.25) is 0 Å². The molecule has 0 spiro atoms. The van der Waals surface area contributed by atoms with Gasteiger partial charge in [-0.2, -0.15) is 0 Å². The highest BCUT2D eigenvalue weighted by Crippen LogP contribution is 2.38. The molecule has 6 nitrogen and oxygen atoms in total. The third-order valence-corrected chi connectivity index (χ3v) is 4.47. The maximum Gasteiger partial charge on any atom is 0.341 e. The molecule has 0 aromatic carbocycles. The van der Waals surface area contributed by atoms with Crippen LogP contribution in [0, 0.1) is 0 Å². The van der Waals surface area contributed by atoms with Crippen molar-refractivity contribution in [2.24, 2.45) is 0 Å². The fraction of sp³-hybridized carbons (Fsp3) is 0.133. The summed E-state index contributed by atoms with van der Waals surface area (Å²) in [6.45, 7) is 1.91. The summed E-state index contributed by atoms with van der Waals surface area (Å²) in [5, 5.41) is 15.0. The molecule has 8 heteroatoms. The number of hydrogen-bond acceptors (Lipinski definition) is 6. The number of carbonyl (C=O) groups is 3. The van der Waals surface area contributed by atoms with Gasteiger partial charge in [-0.3, -0.25) is 4.79 Å². The highest BCUT2D eigenvalue weighted by atomic mass is 32.1. The predicted octanol–water partition coefficient (Wildman–Crippen LogP) is 3.23. The standard InChI is InChI=1S/C15H13NO5S2/c1-2-21-15(20)13-9(10-4-3-7-22-10)8-23-14(13)16-11(17)5-6-12(18)19/h3-8H,2H2,1H3,(H,16,17)(H,18,19)/b6-5+. The number of nitrogens with one attached hydrogen (secondary N) is 1. The Labute approximate surface area is 140 Å². The third-order valence-electron chi connectivity index (χ3n) is 2.67. The van der Waals surface area contributed by atoms with Crippen LogP contribution in [-0.2, 0) is 14.3 Å². The second-order valence-electron chi connectivity index (χ2n) is 4.21. The summed E-state index contributed by atoms with van der Waals surface area (Å²) in [7, 11) is 0. The molecule has 0 atom stereocenters. The number of carbonyl (C=O) groups excluding carboxylic acids is 2. The molecule has 23 heavy (non-hydrogen) atoms. The Balaban J connectivity index is 2.34. The maximum absolute atomic E-state index is 12.2. The van der Waals surface area contributed by atoms with Gasteiger partial charge in [0.15, 0.2) is 0 Å². The van der Waals surface area contributed by atoms with Crippen LogP contribution in [0.4, 0.5) is 5.00 Å². The average Bonchev–Trinajstić information content (AvgIpc) is 3.14. The molecule has 2 heterocycles. The Bertz CT molecular complexity index is 746. The number of esters is 1. The topological polar surface area (TPSA) is 92.7 Å². The van der Waals surface area contributed by atoms with E-state index < -0.39 is 17.8 Å². The number of anilines is 1. The molecule has 0 unspecified atom stereocenters. The Morgan fingerprint density at radius 3 is 2.70 bits per heavy atom. The van der Waals surface area contributed by atoms with Gasteiger partial charge in [0.05, 0.1) is 6.61 Å². The molecule has 0 aliphatic carbocycles. The van der Waals surface area contributed by atoms with Crippen LogP contribution in [0.3, 0.4) is 0 Å². The van der Waals surface area contributed by atoms with Crippen LogP contribution in [-0.4, -0.2) is 29.6 Å². The zero-order chi connectivity index (χ0) is 16.8. The Hall–Kier alpha value is -2.45. The average molecular weight is 351 g/mol. The lowest BCUT2D eigenvalue weighted by molar-refractivity contribution is -0.131. The van der Waals surface area contributed by atoms with E-state index in [-0.39, 0.29) is 12.2 Å². The lowest BCUT2D eigenvalue weighted by Gasteiger charge is -2.06. The van der Waals surface area contributed by atoms with E-state index >= 15 is 0 Å². The van der Waals surface area contributed by atoms with Gasteiger partial charge in [-0.15, -0.1) is 22.7 Å². The highest BCUT2D eigenvalue weighted by molar-refractivity contribution is 7.17. The van der Waals surface area contributed by atoms with Crippen molar-refractivity contribution < 1.29 is 24.2 Å². The summed E-state index contributed by atoms with van der Waals surface area (Å²) in [6.07, 6.45) is 1.62. The van der Waals surface area contributed by atoms with Crippen LogP contribution < -0.4 is 5.32 Å². The van der Waals surface area contributed by atoms with Crippen LogP contribution in [0.5, 0.6) is 0 Å². The lowest BCUT2D eigenvalue weighted by atomic mass is 10.1. The largest absolute Gasteiger partial charge is 0.478 e. The van der Waals surface area contributed by atoms with Gasteiger partial charge in [0.2, 0.25) is 5.91 Å². The van der Waals surface area contributed by atoms with E-state index in [1.807, 2.05) is 17.5 Å². The fourth-order valence-corrected chi connectivity index (χ4v) is 3.54. The molecule has 0 aliphatic rings. The molecule has 0 fully saturated rings. The zero-order valence-corrected chi connectivity index (χ0v) is 13.7. The highest BCUT2D eigenvalue weighted by Gasteiger charge is 2.22. The Morgan fingerprint density at radius 2 is 2.09 bits per heavy atom. The van der Waals surface area contributed by atoms with E-state index in [1.54, 1.807) is 12.3 Å². The summed E-state index contributed by atoms with van der Waals surface area (Å²) < 4.78 is 5.05. The van der Waals surface area contributed by atoms with Crippen molar-refractivity contribution in [3.05, 3.63) is 40.6 Å². The van der Waals surface area contributed by atoms with Crippen LogP contribution in [0.25, 0.3) is 10.4 Å². The summed E-state index contributed by atoms with van der Waals surface area (Å²) in [5.74, 6) is -2.39. The second-order valence-corrected chi connectivity index (χ2v) is 6.04. The molecule has 120 valence electrons. The lowest BCUT2D eigenvalue weighted by Crippen LogP contribution is -2.12. The molecule has 0 saturated heterocycles. The first-order chi connectivity index (χ1) is 11.0. The van der Waals surface area contributed by atoms with Gasteiger partial charge < -0.3 is 15.2 Å². The molecule has 0 saturated carbocycles. The van der Waals surface area contributed by atoms with Crippen molar-refractivity contribution in [2.75, 3.05) is 11.9 Å². The van der Waals surface area contributed by atoms with Gasteiger partial charge in [-0.25, -0.2) is 9.59 Å². The molecule has 2 N–H and O–H groups in total. The smallest absolute Gasteiger partial charge is 0.341 e. The third kappa shape index (κ3) is 4.27. The minimum Gasteiger partial charge on any atom is -0.478 e. The molecule has 0 bridgehead atoms. The normalized spacial score (nSPS) is 10.7. The summed E-state index contributed by atoms with van der Waals surface area (Å²) in [5.41, 5.74) is 0.956. The van der Waals surface area contributed by atoms with Gasteiger partial charge in [0.25, 0.3) is 0 Å². The fourth-order valence-electron chi connectivity index (χ4n) is 1.77. The predicted molar refractivity (Wildman–Crippen MR) is 89.0 cm³/mol. The number of carboxylic acids is 1. The maximum atomic E-state index is 12.2. The molecule has 2 rings (SSSR count).